The fraction of sp³-hybridized carbons (Fsp3) is 0.100. The fourth-order valence-electron chi connectivity index (χ4n) is 2.66. The lowest BCUT2D eigenvalue weighted by Gasteiger charge is -2.13. The highest BCUT2D eigenvalue weighted by molar-refractivity contribution is 9.10. The van der Waals surface area contributed by atoms with Gasteiger partial charge in [0.05, 0.1) is 17.3 Å². The second-order valence-electron chi connectivity index (χ2n) is 5.74. The first-order valence-electron chi connectivity index (χ1n) is 8.18. The van der Waals surface area contributed by atoms with Gasteiger partial charge in [-0.1, -0.05) is 30.3 Å². The van der Waals surface area contributed by atoms with Crippen molar-refractivity contribution in [3.8, 4) is 11.5 Å². The molecular formula is C20H16BrClN2O4. The van der Waals surface area contributed by atoms with Crippen molar-refractivity contribution in [1.82, 2.24) is 5.32 Å². The summed E-state index contributed by atoms with van der Waals surface area (Å²) in [6.45, 7) is 3.94. The van der Waals surface area contributed by atoms with E-state index in [4.69, 9.17) is 21.1 Å². The molecule has 1 heterocycles. The first kappa shape index (κ1) is 20.0. The van der Waals surface area contributed by atoms with Crippen LogP contribution in [0.15, 0.2) is 59.2 Å². The molecule has 3 amide bonds. The number of halogens is 2. The zero-order valence-electron chi connectivity index (χ0n) is 14.9. The number of hydrogen-bond acceptors (Lipinski definition) is 4. The maximum Gasteiger partial charge on any atom is 0.333 e. The van der Waals surface area contributed by atoms with Gasteiger partial charge in [0.25, 0.3) is 5.91 Å². The van der Waals surface area contributed by atoms with Crippen LogP contribution < -0.4 is 19.7 Å². The maximum absolute atomic E-state index is 12.7. The normalized spacial score (nSPS) is 15.0. The molecule has 2 aromatic rings. The first-order chi connectivity index (χ1) is 13.4. The highest BCUT2D eigenvalue weighted by Gasteiger charge is 2.35. The molecule has 0 bridgehead atoms. The summed E-state index contributed by atoms with van der Waals surface area (Å²) in [6, 6.07) is 9.44. The Bertz CT molecular complexity index is 990. The van der Waals surface area contributed by atoms with Crippen molar-refractivity contribution in [2.24, 2.45) is 0 Å². The van der Waals surface area contributed by atoms with Crippen LogP contribution in [0.25, 0.3) is 6.08 Å². The summed E-state index contributed by atoms with van der Waals surface area (Å²) in [5.41, 5.74) is 1.18. The van der Waals surface area contributed by atoms with Crippen LogP contribution in [0.4, 0.5) is 10.5 Å². The average molecular weight is 464 g/mol. The Balaban J connectivity index is 1.93. The van der Waals surface area contributed by atoms with Crippen molar-refractivity contribution < 1.29 is 19.1 Å². The fourth-order valence-corrected chi connectivity index (χ4v) is 3.42. The molecule has 8 heteroatoms. The summed E-state index contributed by atoms with van der Waals surface area (Å²) in [4.78, 5) is 26.1. The smallest absolute Gasteiger partial charge is 0.333 e. The number of methoxy groups -OCH3 is 1. The number of anilines is 1. The molecule has 0 unspecified atom stereocenters. The number of carbonyl (C=O) groups is 2. The SMILES string of the molecule is C=CCOc1c(Br)cc(/C=C2/NC(=O)N(c3cccc(Cl)c3)C2=O)cc1OC. The number of carbonyl (C=O) groups excluding carboxylic acids is 2. The van der Waals surface area contributed by atoms with Crippen LogP contribution in [0.1, 0.15) is 5.56 Å². The van der Waals surface area contributed by atoms with E-state index in [0.29, 0.717) is 38.9 Å². The first-order valence-corrected chi connectivity index (χ1v) is 9.35. The minimum atomic E-state index is -0.546. The number of hydrogen-bond donors (Lipinski definition) is 1. The van der Waals surface area contributed by atoms with E-state index in [2.05, 4.69) is 27.8 Å². The van der Waals surface area contributed by atoms with Crippen molar-refractivity contribution in [2.75, 3.05) is 18.6 Å². The van der Waals surface area contributed by atoms with E-state index in [-0.39, 0.29) is 5.70 Å². The highest BCUT2D eigenvalue weighted by Crippen LogP contribution is 2.37. The molecule has 0 spiro atoms. The van der Waals surface area contributed by atoms with Gasteiger partial charge in [0.15, 0.2) is 11.5 Å². The second kappa shape index (κ2) is 8.50. The minimum Gasteiger partial charge on any atom is -0.493 e. The van der Waals surface area contributed by atoms with E-state index in [9.17, 15) is 9.59 Å². The molecule has 1 aliphatic heterocycles. The standard InChI is InChI=1S/C20H16BrClN2O4/c1-3-7-28-18-15(21)8-12(10-17(18)27-2)9-16-19(25)24(20(26)23-16)14-6-4-5-13(22)11-14/h3-6,8-11H,1,7H2,2H3,(H,23,26)/b16-9+. The van der Waals surface area contributed by atoms with Gasteiger partial charge in [0.1, 0.15) is 12.3 Å². The predicted molar refractivity (Wildman–Crippen MR) is 112 cm³/mol. The van der Waals surface area contributed by atoms with E-state index < -0.39 is 11.9 Å². The van der Waals surface area contributed by atoms with Crippen molar-refractivity contribution in [3.63, 3.8) is 0 Å². The van der Waals surface area contributed by atoms with Crippen LogP contribution in [0.3, 0.4) is 0 Å². The molecule has 144 valence electrons. The Morgan fingerprint density at radius 1 is 1.29 bits per heavy atom. The van der Waals surface area contributed by atoms with Gasteiger partial charge in [-0.2, -0.15) is 0 Å². The predicted octanol–water partition coefficient (Wildman–Crippen LogP) is 4.77. The number of urea groups is 1. The monoisotopic (exact) mass is 462 g/mol. The van der Waals surface area contributed by atoms with E-state index in [1.165, 1.54) is 7.11 Å². The number of benzene rings is 2. The molecule has 1 saturated heterocycles. The summed E-state index contributed by atoms with van der Waals surface area (Å²) in [5, 5.41) is 3.01. The average Bonchev–Trinajstić information content (AvgIpc) is 2.93. The van der Waals surface area contributed by atoms with Crippen molar-refractivity contribution in [3.05, 3.63) is 69.8 Å². The Morgan fingerprint density at radius 3 is 2.75 bits per heavy atom. The molecule has 1 fully saturated rings. The Labute approximate surface area is 175 Å². The van der Waals surface area contributed by atoms with Gasteiger partial charge in [-0.3, -0.25) is 4.79 Å². The van der Waals surface area contributed by atoms with E-state index in [0.717, 1.165) is 4.90 Å². The van der Waals surface area contributed by atoms with E-state index in [1.54, 1.807) is 48.6 Å². The van der Waals surface area contributed by atoms with Crippen LogP contribution in [-0.2, 0) is 4.79 Å². The van der Waals surface area contributed by atoms with Gasteiger partial charge in [-0.25, -0.2) is 9.69 Å². The topological polar surface area (TPSA) is 67.9 Å². The van der Waals surface area contributed by atoms with Gasteiger partial charge in [0, 0.05) is 5.02 Å². The maximum atomic E-state index is 12.7. The number of amides is 3. The molecule has 6 nitrogen and oxygen atoms in total. The number of nitrogens with zero attached hydrogens (tertiary/aromatic N) is 1. The summed E-state index contributed by atoms with van der Waals surface area (Å²) >= 11 is 9.40. The Hall–Kier alpha value is -2.77. The number of rotatable bonds is 6. The van der Waals surface area contributed by atoms with Gasteiger partial charge in [0.2, 0.25) is 0 Å². The molecule has 1 N–H and O–H groups in total. The molecule has 3 rings (SSSR count). The Morgan fingerprint density at radius 2 is 2.07 bits per heavy atom. The minimum absolute atomic E-state index is 0.138. The third kappa shape index (κ3) is 4.05. The second-order valence-corrected chi connectivity index (χ2v) is 7.03. The zero-order chi connectivity index (χ0) is 20.3. The van der Waals surface area contributed by atoms with Crippen molar-refractivity contribution in [2.45, 2.75) is 0 Å². The van der Waals surface area contributed by atoms with Gasteiger partial charge in [-0.15, -0.1) is 0 Å². The molecular weight excluding hydrogens is 448 g/mol. The van der Waals surface area contributed by atoms with E-state index in [1.807, 2.05) is 0 Å². The molecule has 0 saturated carbocycles. The van der Waals surface area contributed by atoms with Gasteiger partial charge >= 0.3 is 6.03 Å². The molecule has 2 aromatic carbocycles. The van der Waals surface area contributed by atoms with Crippen LogP contribution in [0.2, 0.25) is 5.02 Å². The number of nitrogens with one attached hydrogen (secondary N) is 1. The van der Waals surface area contributed by atoms with Gasteiger partial charge < -0.3 is 14.8 Å². The lowest BCUT2D eigenvalue weighted by Crippen LogP contribution is -2.30. The summed E-state index contributed by atoms with van der Waals surface area (Å²) in [7, 11) is 1.52. The molecule has 0 radical (unpaired) electrons. The number of imide groups is 1. The lowest BCUT2D eigenvalue weighted by molar-refractivity contribution is -0.113. The van der Waals surface area contributed by atoms with Crippen molar-refractivity contribution >= 4 is 51.2 Å². The molecule has 0 aromatic heterocycles. The molecule has 0 aliphatic carbocycles. The summed E-state index contributed by atoms with van der Waals surface area (Å²) in [6.07, 6.45) is 3.19. The van der Waals surface area contributed by atoms with Crippen LogP contribution >= 0.6 is 27.5 Å². The summed E-state index contributed by atoms with van der Waals surface area (Å²) < 4.78 is 11.6. The third-order valence-electron chi connectivity index (χ3n) is 3.85. The summed E-state index contributed by atoms with van der Waals surface area (Å²) in [5.74, 6) is 0.521. The lowest BCUT2D eigenvalue weighted by atomic mass is 10.1. The Kier molecular flexibility index (Phi) is 6.06. The van der Waals surface area contributed by atoms with Crippen LogP contribution in [0.5, 0.6) is 11.5 Å². The van der Waals surface area contributed by atoms with Crippen LogP contribution in [-0.4, -0.2) is 25.7 Å². The highest BCUT2D eigenvalue weighted by atomic mass is 79.9. The van der Waals surface area contributed by atoms with Crippen molar-refractivity contribution in [1.29, 1.82) is 0 Å². The largest absolute Gasteiger partial charge is 0.493 e. The van der Waals surface area contributed by atoms with Crippen LogP contribution in [0, 0.1) is 0 Å². The van der Waals surface area contributed by atoms with E-state index >= 15 is 0 Å². The zero-order valence-corrected chi connectivity index (χ0v) is 17.2. The quantitative estimate of drug-likeness (QED) is 0.380. The third-order valence-corrected chi connectivity index (χ3v) is 4.68. The molecule has 28 heavy (non-hydrogen) atoms. The molecule has 0 atom stereocenters. The molecule has 1 aliphatic rings. The van der Waals surface area contributed by atoms with Gasteiger partial charge in [-0.05, 0) is 57.9 Å². The number of ether oxygens (including phenoxy) is 2.